The van der Waals surface area contributed by atoms with E-state index in [2.05, 4.69) is 11.8 Å². The monoisotopic (exact) mass is 249 g/mol. The number of rotatable bonds is 3. The second-order valence-electron chi connectivity index (χ2n) is 3.35. The second-order valence-corrected chi connectivity index (χ2v) is 4.62. The summed E-state index contributed by atoms with van der Waals surface area (Å²) in [5, 5.41) is 0.122. The molecule has 17 heavy (non-hydrogen) atoms. The molecule has 0 spiro atoms. The van der Waals surface area contributed by atoms with Crippen LogP contribution in [0.25, 0.3) is 0 Å². The number of thioether (sulfide) groups is 1. The van der Waals surface area contributed by atoms with E-state index in [4.69, 9.17) is 10.5 Å². The number of nitrogens with two attached hydrogens (primary N) is 1. The Morgan fingerprint density at radius 2 is 2.29 bits per heavy atom. The molecule has 0 saturated heterocycles. The summed E-state index contributed by atoms with van der Waals surface area (Å²) in [4.78, 5) is 10.7. The van der Waals surface area contributed by atoms with Gasteiger partial charge in [0.1, 0.15) is 5.75 Å². The summed E-state index contributed by atoms with van der Waals surface area (Å²) in [6.07, 6.45) is 0.678. The molecule has 0 unspecified atom stereocenters. The molecule has 0 aliphatic carbocycles. The highest BCUT2D eigenvalue weighted by molar-refractivity contribution is 8.13. The number of benzene rings is 1. The molecule has 0 amide bonds. The zero-order chi connectivity index (χ0) is 12.7. The number of anilines is 1. The summed E-state index contributed by atoms with van der Waals surface area (Å²) in [6, 6.07) is 5.37. The lowest BCUT2D eigenvalue weighted by molar-refractivity contribution is -0.109. The Kier molecular flexibility index (Phi) is 5.44. The first-order valence-electron chi connectivity index (χ1n) is 5.19. The van der Waals surface area contributed by atoms with Crippen molar-refractivity contribution in [2.75, 3.05) is 18.6 Å². The number of hydrogen-bond acceptors (Lipinski definition) is 4. The molecule has 0 aliphatic rings. The van der Waals surface area contributed by atoms with E-state index in [1.807, 2.05) is 6.07 Å². The number of carbonyl (C=O) groups excluding carboxylic acids is 1. The number of nitrogen functional groups attached to an aromatic ring is 1. The van der Waals surface area contributed by atoms with Gasteiger partial charge in [-0.1, -0.05) is 23.6 Å². The maximum Gasteiger partial charge on any atom is 0.185 e. The first-order chi connectivity index (χ1) is 8.13. The maximum atomic E-state index is 10.7. The van der Waals surface area contributed by atoms with E-state index in [1.54, 1.807) is 26.2 Å². The quantitative estimate of drug-likeness (QED) is 0.507. The molecule has 1 aromatic carbocycles. The molecule has 2 N–H and O–H groups in total. The molecule has 1 rings (SSSR count). The smallest absolute Gasteiger partial charge is 0.185 e. The van der Waals surface area contributed by atoms with Crippen molar-refractivity contribution in [3.63, 3.8) is 0 Å². The average molecular weight is 249 g/mol. The fourth-order valence-electron chi connectivity index (χ4n) is 1.21. The molecule has 0 atom stereocenters. The molecular formula is C13H15NO2S. The molecule has 0 bridgehead atoms. The summed E-state index contributed by atoms with van der Waals surface area (Å²) < 4.78 is 5.18. The highest BCUT2D eigenvalue weighted by Crippen LogP contribution is 2.20. The summed E-state index contributed by atoms with van der Waals surface area (Å²) in [6.45, 7) is 1.56. The zero-order valence-electron chi connectivity index (χ0n) is 9.95. The molecule has 0 aliphatic heterocycles. The van der Waals surface area contributed by atoms with Crippen LogP contribution in [0.4, 0.5) is 5.69 Å². The zero-order valence-corrected chi connectivity index (χ0v) is 10.8. The van der Waals surface area contributed by atoms with Crippen LogP contribution in [-0.4, -0.2) is 18.0 Å². The molecule has 1 aromatic rings. The summed E-state index contributed by atoms with van der Waals surface area (Å²) >= 11 is 1.29. The molecule has 0 radical (unpaired) electrons. The van der Waals surface area contributed by atoms with Gasteiger partial charge < -0.3 is 10.5 Å². The van der Waals surface area contributed by atoms with Crippen LogP contribution in [0.2, 0.25) is 0 Å². The highest BCUT2D eigenvalue weighted by atomic mass is 32.2. The summed E-state index contributed by atoms with van der Waals surface area (Å²) in [5.41, 5.74) is 7.11. The third kappa shape index (κ3) is 4.83. The molecule has 0 saturated carbocycles. The minimum atomic E-state index is 0.122. The first-order valence-corrected chi connectivity index (χ1v) is 6.18. The Morgan fingerprint density at radius 3 is 2.94 bits per heavy atom. The van der Waals surface area contributed by atoms with Gasteiger partial charge in [0.25, 0.3) is 0 Å². The molecule has 90 valence electrons. The minimum absolute atomic E-state index is 0.122. The number of carbonyl (C=O) groups is 1. The van der Waals surface area contributed by atoms with Crippen molar-refractivity contribution in [3.8, 4) is 17.6 Å². The van der Waals surface area contributed by atoms with Gasteiger partial charge in [-0.3, -0.25) is 4.79 Å². The van der Waals surface area contributed by atoms with Crippen LogP contribution in [0.3, 0.4) is 0 Å². The fourth-order valence-corrected chi connectivity index (χ4v) is 1.71. The van der Waals surface area contributed by atoms with Crippen molar-refractivity contribution in [2.45, 2.75) is 13.3 Å². The maximum absolute atomic E-state index is 10.7. The lowest BCUT2D eigenvalue weighted by atomic mass is 10.2. The van der Waals surface area contributed by atoms with E-state index in [0.29, 0.717) is 17.9 Å². The minimum Gasteiger partial charge on any atom is -0.495 e. The van der Waals surface area contributed by atoms with Crippen LogP contribution in [-0.2, 0) is 4.79 Å². The summed E-state index contributed by atoms with van der Waals surface area (Å²) in [5.74, 6) is 7.42. The van der Waals surface area contributed by atoms with E-state index in [1.165, 1.54) is 11.8 Å². The van der Waals surface area contributed by atoms with Crippen LogP contribution in [0.1, 0.15) is 18.9 Å². The van der Waals surface area contributed by atoms with Crippen LogP contribution in [0.5, 0.6) is 5.75 Å². The topological polar surface area (TPSA) is 52.3 Å². The third-order valence-electron chi connectivity index (χ3n) is 1.98. The molecule has 3 nitrogen and oxygen atoms in total. The highest BCUT2D eigenvalue weighted by Gasteiger charge is 1.99. The Hall–Kier alpha value is -1.60. The van der Waals surface area contributed by atoms with Crippen molar-refractivity contribution >= 4 is 22.6 Å². The van der Waals surface area contributed by atoms with Crippen LogP contribution < -0.4 is 10.5 Å². The van der Waals surface area contributed by atoms with Gasteiger partial charge >= 0.3 is 0 Å². The van der Waals surface area contributed by atoms with Gasteiger partial charge in [0, 0.05) is 30.9 Å². The van der Waals surface area contributed by atoms with E-state index >= 15 is 0 Å². The van der Waals surface area contributed by atoms with Gasteiger partial charge in [-0.2, -0.15) is 0 Å². The standard InChI is InChI=1S/C13H15NO2S/c1-10(15)17-8-4-3-5-11-6-7-12(14)9-13(11)16-2/h6-7,9H,4,8,14H2,1-2H3. The molecule has 0 fully saturated rings. The van der Waals surface area contributed by atoms with E-state index < -0.39 is 0 Å². The lowest BCUT2D eigenvalue weighted by Gasteiger charge is -2.03. The molecule has 4 heteroatoms. The van der Waals surface area contributed by atoms with Gasteiger partial charge in [-0.15, -0.1) is 0 Å². The van der Waals surface area contributed by atoms with E-state index in [-0.39, 0.29) is 5.12 Å². The van der Waals surface area contributed by atoms with E-state index in [0.717, 1.165) is 11.3 Å². The Bertz CT molecular complexity index is 460. The number of hydrogen-bond donors (Lipinski definition) is 1. The second kappa shape index (κ2) is 6.87. The van der Waals surface area contributed by atoms with Crippen molar-refractivity contribution in [1.82, 2.24) is 0 Å². The van der Waals surface area contributed by atoms with Crippen LogP contribution in [0, 0.1) is 11.8 Å². The molecule has 0 heterocycles. The van der Waals surface area contributed by atoms with Gasteiger partial charge in [-0.25, -0.2) is 0 Å². The predicted octanol–water partition coefficient (Wildman–Crippen LogP) is 2.30. The van der Waals surface area contributed by atoms with Crippen LogP contribution in [0.15, 0.2) is 18.2 Å². The van der Waals surface area contributed by atoms with Crippen molar-refractivity contribution < 1.29 is 9.53 Å². The van der Waals surface area contributed by atoms with Crippen molar-refractivity contribution in [3.05, 3.63) is 23.8 Å². The van der Waals surface area contributed by atoms with Crippen LogP contribution >= 0.6 is 11.8 Å². The van der Waals surface area contributed by atoms with Crippen molar-refractivity contribution in [2.24, 2.45) is 0 Å². The fraction of sp³-hybridized carbons (Fsp3) is 0.308. The van der Waals surface area contributed by atoms with Gasteiger partial charge in [0.2, 0.25) is 0 Å². The number of methoxy groups -OCH3 is 1. The Labute approximate surface area is 106 Å². The normalized spacial score (nSPS) is 9.29. The lowest BCUT2D eigenvalue weighted by Crippen LogP contribution is -1.91. The largest absolute Gasteiger partial charge is 0.495 e. The average Bonchev–Trinajstić information content (AvgIpc) is 2.29. The van der Waals surface area contributed by atoms with E-state index in [9.17, 15) is 4.79 Å². The number of ether oxygens (including phenoxy) is 1. The SMILES string of the molecule is COc1cc(N)ccc1C#CCCSC(C)=O. The first kappa shape index (κ1) is 13.5. The molecule has 0 aromatic heterocycles. The predicted molar refractivity (Wildman–Crippen MR) is 72.0 cm³/mol. The molecular weight excluding hydrogens is 234 g/mol. The summed E-state index contributed by atoms with van der Waals surface area (Å²) in [7, 11) is 1.59. The Morgan fingerprint density at radius 1 is 1.53 bits per heavy atom. The Balaban J connectivity index is 2.62. The van der Waals surface area contributed by atoms with Gasteiger partial charge in [-0.05, 0) is 12.1 Å². The van der Waals surface area contributed by atoms with Gasteiger partial charge in [0.15, 0.2) is 5.12 Å². The van der Waals surface area contributed by atoms with Crippen molar-refractivity contribution in [1.29, 1.82) is 0 Å². The van der Waals surface area contributed by atoms with Gasteiger partial charge in [0.05, 0.1) is 12.7 Å². The third-order valence-corrected chi connectivity index (χ3v) is 2.80.